The van der Waals surface area contributed by atoms with Gasteiger partial charge in [0.15, 0.2) is 0 Å². The van der Waals surface area contributed by atoms with Gasteiger partial charge in [-0.25, -0.2) is 8.42 Å². The second-order valence-electron chi connectivity index (χ2n) is 4.82. The lowest BCUT2D eigenvalue weighted by Crippen LogP contribution is -2.34. The molecule has 0 aliphatic carbocycles. The molecular weight excluding hydrogens is 328 g/mol. The molecule has 0 bridgehead atoms. The first-order valence-electron chi connectivity index (χ1n) is 7.07. The van der Waals surface area contributed by atoms with E-state index in [1.807, 2.05) is 0 Å². The second-order valence-corrected chi connectivity index (χ2v) is 6.76. The largest absolute Gasteiger partial charge is 0.491 e. The van der Waals surface area contributed by atoms with Crippen LogP contribution in [0.2, 0.25) is 0 Å². The summed E-state index contributed by atoms with van der Waals surface area (Å²) in [6.07, 6.45) is 0.831. The minimum absolute atomic E-state index is 0. The third-order valence-electron chi connectivity index (χ3n) is 3.32. The highest BCUT2D eigenvalue weighted by Gasteiger charge is 2.24. The van der Waals surface area contributed by atoms with Crippen molar-refractivity contribution in [1.29, 1.82) is 0 Å². The van der Waals surface area contributed by atoms with Crippen LogP contribution in [0.25, 0.3) is 0 Å². The Balaban J connectivity index is 0.00000242. The summed E-state index contributed by atoms with van der Waals surface area (Å²) < 4.78 is 37.0. The minimum atomic E-state index is -3.41. The molecule has 1 aliphatic heterocycles. The Morgan fingerprint density at radius 1 is 1.14 bits per heavy atom. The van der Waals surface area contributed by atoms with Gasteiger partial charge in [0, 0.05) is 26.7 Å². The predicted molar refractivity (Wildman–Crippen MR) is 87.3 cm³/mol. The number of hydrogen-bond donors (Lipinski definition) is 1. The number of nitrogens with one attached hydrogen (secondary N) is 1. The van der Waals surface area contributed by atoms with Crippen molar-refractivity contribution in [3.05, 3.63) is 24.3 Å². The molecule has 0 aromatic heterocycles. The molecule has 2 rings (SSSR count). The number of methoxy groups -OCH3 is 1. The van der Waals surface area contributed by atoms with Crippen LogP contribution in [0.5, 0.6) is 5.75 Å². The van der Waals surface area contributed by atoms with Gasteiger partial charge in [-0.1, -0.05) is 0 Å². The molecule has 22 heavy (non-hydrogen) atoms. The van der Waals surface area contributed by atoms with Gasteiger partial charge in [-0.15, -0.1) is 12.4 Å². The van der Waals surface area contributed by atoms with Gasteiger partial charge >= 0.3 is 0 Å². The first-order valence-corrected chi connectivity index (χ1v) is 8.51. The molecule has 0 saturated carbocycles. The topological polar surface area (TPSA) is 67.9 Å². The molecule has 1 saturated heterocycles. The fourth-order valence-corrected chi connectivity index (χ4v) is 3.64. The first-order chi connectivity index (χ1) is 10.1. The summed E-state index contributed by atoms with van der Waals surface area (Å²) >= 11 is 0. The molecule has 1 aliphatic rings. The van der Waals surface area contributed by atoms with Gasteiger partial charge < -0.3 is 14.8 Å². The standard InChI is InChI=1S/C14H22N2O4S.ClH/c1-19-11-12-20-13-3-5-14(6-4-13)21(17,18)16-9-2-7-15-8-10-16;/h3-6,15H,2,7-12H2,1H3;1H. The molecule has 0 spiro atoms. The lowest BCUT2D eigenvalue weighted by Gasteiger charge is -2.19. The molecule has 1 aromatic rings. The van der Waals surface area contributed by atoms with E-state index >= 15 is 0 Å². The van der Waals surface area contributed by atoms with Crippen molar-refractivity contribution >= 4 is 22.4 Å². The number of rotatable bonds is 6. The van der Waals surface area contributed by atoms with Crippen molar-refractivity contribution in [3.8, 4) is 5.75 Å². The molecule has 0 atom stereocenters. The Hall–Kier alpha value is -0.860. The zero-order valence-corrected chi connectivity index (χ0v) is 14.3. The Kier molecular flexibility index (Phi) is 8.13. The third kappa shape index (κ3) is 5.10. The van der Waals surface area contributed by atoms with Gasteiger partial charge in [-0.3, -0.25) is 0 Å². The highest BCUT2D eigenvalue weighted by atomic mass is 35.5. The zero-order valence-electron chi connectivity index (χ0n) is 12.7. The van der Waals surface area contributed by atoms with E-state index in [-0.39, 0.29) is 12.4 Å². The van der Waals surface area contributed by atoms with Gasteiger partial charge in [-0.05, 0) is 37.2 Å². The first kappa shape index (κ1) is 19.2. The van der Waals surface area contributed by atoms with E-state index in [2.05, 4.69) is 5.32 Å². The lowest BCUT2D eigenvalue weighted by atomic mass is 10.3. The van der Waals surface area contributed by atoms with E-state index in [1.54, 1.807) is 31.4 Å². The van der Waals surface area contributed by atoms with Crippen LogP contribution in [0.4, 0.5) is 0 Å². The average molecular weight is 351 g/mol. The number of hydrogen-bond acceptors (Lipinski definition) is 5. The fraction of sp³-hybridized carbons (Fsp3) is 0.571. The second kappa shape index (κ2) is 9.32. The molecule has 6 nitrogen and oxygen atoms in total. The maximum Gasteiger partial charge on any atom is 0.243 e. The Labute approximate surface area is 138 Å². The van der Waals surface area contributed by atoms with Crippen molar-refractivity contribution in [2.24, 2.45) is 0 Å². The molecule has 1 fully saturated rings. The van der Waals surface area contributed by atoms with E-state index in [4.69, 9.17) is 9.47 Å². The Morgan fingerprint density at radius 3 is 2.55 bits per heavy atom. The third-order valence-corrected chi connectivity index (χ3v) is 5.23. The summed E-state index contributed by atoms with van der Waals surface area (Å²) in [5.41, 5.74) is 0. The van der Waals surface area contributed by atoms with Crippen LogP contribution < -0.4 is 10.1 Å². The molecule has 1 heterocycles. The Bertz CT molecular complexity index is 528. The summed E-state index contributed by atoms with van der Waals surface area (Å²) in [4.78, 5) is 0.309. The van der Waals surface area contributed by atoms with Crippen molar-refractivity contribution in [1.82, 2.24) is 9.62 Å². The quantitative estimate of drug-likeness (QED) is 0.779. The van der Waals surface area contributed by atoms with Crippen LogP contribution in [0, 0.1) is 0 Å². The molecular formula is C14H23ClN2O4S. The summed E-state index contributed by atoms with van der Waals surface area (Å²) in [7, 11) is -1.81. The van der Waals surface area contributed by atoms with E-state index in [0.717, 1.165) is 13.0 Å². The lowest BCUT2D eigenvalue weighted by molar-refractivity contribution is 0.146. The van der Waals surface area contributed by atoms with Gasteiger partial charge in [0.2, 0.25) is 10.0 Å². The van der Waals surface area contributed by atoms with E-state index in [1.165, 1.54) is 4.31 Å². The number of benzene rings is 1. The minimum Gasteiger partial charge on any atom is -0.491 e. The molecule has 8 heteroatoms. The highest BCUT2D eigenvalue weighted by Crippen LogP contribution is 2.20. The van der Waals surface area contributed by atoms with Crippen molar-refractivity contribution in [2.45, 2.75) is 11.3 Å². The molecule has 126 valence electrons. The predicted octanol–water partition coefficient (Wildman–Crippen LogP) is 1.12. The van der Waals surface area contributed by atoms with Gasteiger partial charge in [0.05, 0.1) is 11.5 Å². The van der Waals surface area contributed by atoms with Crippen LogP contribution in [0.1, 0.15) is 6.42 Å². The van der Waals surface area contributed by atoms with Gasteiger partial charge in [-0.2, -0.15) is 4.31 Å². The van der Waals surface area contributed by atoms with Crippen LogP contribution in [0.15, 0.2) is 29.2 Å². The van der Waals surface area contributed by atoms with Crippen LogP contribution >= 0.6 is 12.4 Å². The van der Waals surface area contributed by atoms with E-state index in [9.17, 15) is 8.42 Å². The van der Waals surface area contributed by atoms with Gasteiger partial charge in [0.1, 0.15) is 12.4 Å². The van der Waals surface area contributed by atoms with Crippen molar-refractivity contribution < 1.29 is 17.9 Å². The highest BCUT2D eigenvalue weighted by molar-refractivity contribution is 7.89. The summed E-state index contributed by atoms with van der Waals surface area (Å²) in [5, 5.41) is 3.20. The van der Waals surface area contributed by atoms with Crippen LogP contribution in [-0.4, -0.2) is 59.2 Å². The van der Waals surface area contributed by atoms with E-state index in [0.29, 0.717) is 43.5 Å². The van der Waals surface area contributed by atoms with E-state index < -0.39 is 10.0 Å². The molecule has 0 unspecified atom stereocenters. The summed E-state index contributed by atoms with van der Waals surface area (Å²) in [6.45, 7) is 3.56. The summed E-state index contributed by atoms with van der Waals surface area (Å²) in [6, 6.07) is 6.54. The van der Waals surface area contributed by atoms with Crippen LogP contribution in [-0.2, 0) is 14.8 Å². The SMILES string of the molecule is COCCOc1ccc(S(=O)(=O)N2CCCNCC2)cc1.Cl. The van der Waals surface area contributed by atoms with Crippen molar-refractivity contribution in [3.63, 3.8) is 0 Å². The molecule has 0 radical (unpaired) electrons. The molecule has 0 amide bonds. The number of ether oxygens (including phenoxy) is 2. The maximum absolute atomic E-state index is 12.5. The Morgan fingerprint density at radius 2 is 1.86 bits per heavy atom. The normalized spacial score (nSPS) is 16.6. The van der Waals surface area contributed by atoms with Crippen molar-refractivity contribution in [2.75, 3.05) is 46.5 Å². The van der Waals surface area contributed by atoms with Crippen LogP contribution in [0.3, 0.4) is 0 Å². The summed E-state index contributed by atoms with van der Waals surface area (Å²) in [5.74, 6) is 0.642. The molecule has 1 N–H and O–H groups in total. The monoisotopic (exact) mass is 350 g/mol. The number of halogens is 1. The zero-order chi connectivity index (χ0) is 15.1. The number of nitrogens with zero attached hydrogens (tertiary/aromatic N) is 1. The maximum atomic E-state index is 12.5. The fourth-order valence-electron chi connectivity index (χ4n) is 2.16. The number of sulfonamides is 1. The average Bonchev–Trinajstić information content (AvgIpc) is 2.78. The van der Waals surface area contributed by atoms with Gasteiger partial charge in [0.25, 0.3) is 0 Å². The smallest absolute Gasteiger partial charge is 0.243 e. The molecule has 1 aromatic carbocycles.